The van der Waals surface area contributed by atoms with E-state index in [-0.39, 0.29) is 17.6 Å². The van der Waals surface area contributed by atoms with Crippen molar-refractivity contribution in [2.75, 3.05) is 37.7 Å². The van der Waals surface area contributed by atoms with Crippen LogP contribution in [0, 0.1) is 0 Å². The summed E-state index contributed by atoms with van der Waals surface area (Å²) >= 11 is 0. The van der Waals surface area contributed by atoms with Crippen LogP contribution in [0.5, 0.6) is 0 Å². The summed E-state index contributed by atoms with van der Waals surface area (Å²) in [7, 11) is -2.85. The van der Waals surface area contributed by atoms with Gasteiger partial charge in [-0.05, 0) is 25.5 Å². The van der Waals surface area contributed by atoms with Gasteiger partial charge in [-0.1, -0.05) is 12.1 Å². The molecule has 0 saturated carbocycles. The van der Waals surface area contributed by atoms with E-state index in [0.29, 0.717) is 28.2 Å². The predicted octanol–water partition coefficient (Wildman–Crippen LogP) is 0.789. The van der Waals surface area contributed by atoms with Crippen LogP contribution < -0.4 is 5.56 Å². The molecule has 4 rings (SSSR count). The summed E-state index contributed by atoms with van der Waals surface area (Å²) < 4.78 is 23.4. The molecule has 2 aliphatic rings. The van der Waals surface area contributed by atoms with Gasteiger partial charge in [-0.2, -0.15) is 0 Å². The molecule has 0 bridgehead atoms. The summed E-state index contributed by atoms with van der Waals surface area (Å²) in [6.45, 7) is 5.44. The zero-order valence-electron chi connectivity index (χ0n) is 14.9. The number of aromatic amines is 1. The lowest BCUT2D eigenvalue weighted by Gasteiger charge is -2.39. The van der Waals surface area contributed by atoms with E-state index in [1.165, 1.54) is 0 Å². The van der Waals surface area contributed by atoms with E-state index in [1.54, 1.807) is 6.07 Å². The molecule has 26 heavy (non-hydrogen) atoms. The van der Waals surface area contributed by atoms with E-state index in [0.717, 1.165) is 32.6 Å². The number of nitrogens with one attached hydrogen (secondary N) is 1. The lowest BCUT2D eigenvalue weighted by Crippen LogP contribution is -2.51. The van der Waals surface area contributed by atoms with Crippen molar-refractivity contribution < 1.29 is 8.42 Å². The van der Waals surface area contributed by atoms with E-state index in [1.807, 2.05) is 18.2 Å². The normalized spacial score (nSPS) is 25.5. The highest BCUT2D eigenvalue weighted by molar-refractivity contribution is 7.91. The molecule has 7 nitrogen and oxygen atoms in total. The third-order valence-corrected chi connectivity index (χ3v) is 7.40. The van der Waals surface area contributed by atoms with Crippen molar-refractivity contribution in [1.29, 1.82) is 0 Å². The minimum absolute atomic E-state index is 0.0155. The molecule has 1 aromatic heterocycles. The number of H-pyrrole nitrogens is 1. The Bertz CT molecular complexity index is 964. The summed E-state index contributed by atoms with van der Waals surface area (Å²) in [6.07, 6.45) is 0.747. The van der Waals surface area contributed by atoms with Crippen molar-refractivity contribution >= 4 is 20.7 Å². The lowest BCUT2D eigenvalue weighted by atomic mass is 10.1. The van der Waals surface area contributed by atoms with Crippen LogP contribution in [-0.4, -0.2) is 71.9 Å². The molecule has 140 valence electrons. The largest absolute Gasteiger partial charge is 0.309 e. The molecule has 0 amide bonds. The lowest BCUT2D eigenvalue weighted by molar-refractivity contribution is 0.0778. The smallest absolute Gasteiger partial charge is 0.258 e. The second-order valence-electron chi connectivity index (χ2n) is 7.27. The van der Waals surface area contributed by atoms with Crippen molar-refractivity contribution in [1.82, 2.24) is 19.8 Å². The average molecular weight is 376 g/mol. The van der Waals surface area contributed by atoms with Crippen LogP contribution in [0.1, 0.15) is 25.2 Å². The summed E-state index contributed by atoms with van der Waals surface area (Å²) in [5.74, 6) is 1.30. The van der Waals surface area contributed by atoms with E-state index < -0.39 is 9.84 Å². The Kier molecular flexibility index (Phi) is 4.58. The number of sulfone groups is 1. The van der Waals surface area contributed by atoms with Crippen molar-refractivity contribution in [2.24, 2.45) is 0 Å². The number of aromatic nitrogens is 2. The van der Waals surface area contributed by atoms with Crippen LogP contribution in [0.25, 0.3) is 10.9 Å². The number of fused-ring (bicyclic) bond motifs is 1. The first-order valence-corrected chi connectivity index (χ1v) is 10.9. The first kappa shape index (κ1) is 17.6. The highest BCUT2D eigenvalue weighted by Crippen LogP contribution is 2.23. The molecule has 8 heteroatoms. The standard InChI is InChI=1S/C18H24N4O3S/c1-13(17-19-16-5-3-2-4-15(16)18(23)20-17)21-7-9-22(10-8-21)14-6-11-26(24,25)12-14/h2-5,13-14H,6-12H2,1H3,(H,19,20,23)/t13-,14-/m1/s1. The molecular weight excluding hydrogens is 352 g/mol. The van der Waals surface area contributed by atoms with Crippen LogP contribution in [0.4, 0.5) is 0 Å². The molecule has 0 unspecified atom stereocenters. The molecule has 2 saturated heterocycles. The van der Waals surface area contributed by atoms with Gasteiger partial charge in [0.25, 0.3) is 5.56 Å². The quantitative estimate of drug-likeness (QED) is 0.852. The molecule has 1 aromatic carbocycles. The molecule has 1 N–H and O–H groups in total. The number of piperazine rings is 1. The fourth-order valence-corrected chi connectivity index (χ4v) is 5.79. The Balaban J connectivity index is 1.45. The number of hydrogen-bond acceptors (Lipinski definition) is 6. The van der Waals surface area contributed by atoms with E-state index >= 15 is 0 Å². The number of benzene rings is 1. The minimum Gasteiger partial charge on any atom is -0.309 e. The van der Waals surface area contributed by atoms with E-state index in [4.69, 9.17) is 0 Å². The van der Waals surface area contributed by atoms with Gasteiger partial charge < -0.3 is 4.98 Å². The average Bonchev–Trinajstić information content (AvgIpc) is 3.01. The molecule has 0 spiro atoms. The molecule has 3 heterocycles. The predicted molar refractivity (Wildman–Crippen MR) is 101 cm³/mol. The van der Waals surface area contributed by atoms with Gasteiger partial charge in [0.05, 0.1) is 28.5 Å². The summed E-state index contributed by atoms with van der Waals surface area (Å²) in [6, 6.07) is 7.55. The number of nitrogens with zero attached hydrogens (tertiary/aromatic N) is 3. The number of rotatable bonds is 3. The van der Waals surface area contributed by atoms with Crippen LogP contribution in [-0.2, 0) is 9.84 Å². The summed E-state index contributed by atoms with van der Waals surface area (Å²) in [5, 5.41) is 0.607. The second kappa shape index (κ2) is 6.75. The van der Waals surface area contributed by atoms with Crippen LogP contribution in [0.15, 0.2) is 29.1 Å². The highest BCUT2D eigenvalue weighted by Gasteiger charge is 2.34. The van der Waals surface area contributed by atoms with E-state index in [9.17, 15) is 13.2 Å². The molecule has 0 radical (unpaired) electrons. The van der Waals surface area contributed by atoms with Gasteiger partial charge in [-0.3, -0.25) is 14.6 Å². The Morgan fingerprint density at radius 2 is 1.92 bits per heavy atom. The minimum atomic E-state index is -2.85. The maximum atomic E-state index is 12.3. The monoisotopic (exact) mass is 376 g/mol. The SMILES string of the molecule is C[C@H](c1nc2ccccc2c(=O)[nH]1)N1CCN([C@@H]2CCS(=O)(=O)C2)CC1. The third-order valence-electron chi connectivity index (χ3n) is 5.65. The molecule has 2 aromatic rings. The van der Waals surface area contributed by atoms with Crippen molar-refractivity contribution in [3.8, 4) is 0 Å². The highest BCUT2D eigenvalue weighted by atomic mass is 32.2. The van der Waals surface area contributed by atoms with Crippen molar-refractivity contribution in [3.05, 3.63) is 40.4 Å². The molecule has 2 atom stereocenters. The van der Waals surface area contributed by atoms with Gasteiger partial charge in [0.1, 0.15) is 5.82 Å². The van der Waals surface area contributed by atoms with Gasteiger partial charge in [0.2, 0.25) is 0 Å². The molecular formula is C18H24N4O3S. The molecule has 0 aliphatic carbocycles. The van der Waals surface area contributed by atoms with Gasteiger partial charge in [0, 0.05) is 32.2 Å². The fourth-order valence-electron chi connectivity index (χ4n) is 4.03. The first-order valence-electron chi connectivity index (χ1n) is 9.10. The Hall–Kier alpha value is -1.77. The summed E-state index contributed by atoms with van der Waals surface area (Å²) in [5.41, 5.74) is 0.611. The first-order chi connectivity index (χ1) is 12.4. The maximum Gasteiger partial charge on any atom is 0.258 e. The summed E-state index contributed by atoms with van der Waals surface area (Å²) in [4.78, 5) is 24.4. The van der Waals surface area contributed by atoms with Crippen molar-refractivity contribution in [3.63, 3.8) is 0 Å². The topological polar surface area (TPSA) is 86.4 Å². The number of hydrogen-bond donors (Lipinski definition) is 1. The zero-order valence-corrected chi connectivity index (χ0v) is 15.7. The molecule has 2 fully saturated rings. The Morgan fingerprint density at radius 3 is 2.62 bits per heavy atom. The fraction of sp³-hybridized carbons (Fsp3) is 0.556. The van der Waals surface area contributed by atoms with Crippen LogP contribution in [0.2, 0.25) is 0 Å². The van der Waals surface area contributed by atoms with Crippen LogP contribution in [0.3, 0.4) is 0 Å². The Morgan fingerprint density at radius 1 is 1.19 bits per heavy atom. The van der Waals surface area contributed by atoms with E-state index in [2.05, 4.69) is 26.7 Å². The van der Waals surface area contributed by atoms with Gasteiger partial charge >= 0.3 is 0 Å². The van der Waals surface area contributed by atoms with Crippen LogP contribution >= 0.6 is 0 Å². The second-order valence-corrected chi connectivity index (χ2v) is 9.50. The molecule has 2 aliphatic heterocycles. The maximum absolute atomic E-state index is 12.3. The van der Waals surface area contributed by atoms with Crippen molar-refractivity contribution in [2.45, 2.75) is 25.4 Å². The van der Waals surface area contributed by atoms with Gasteiger partial charge in [-0.25, -0.2) is 13.4 Å². The zero-order chi connectivity index (χ0) is 18.3. The Labute approximate surface area is 152 Å². The van der Waals surface area contributed by atoms with Gasteiger partial charge in [-0.15, -0.1) is 0 Å². The third kappa shape index (κ3) is 3.41. The van der Waals surface area contributed by atoms with Gasteiger partial charge in [0.15, 0.2) is 9.84 Å². The number of para-hydroxylation sites is 1.